The van der Waals surface area contributed by atoms with Gasteiger partial charge in [0, 0.05) is 37.0 Å². The topological polar surface area (TPSA) is 44.3 Å². The second-order valence-electron chi connectivity index (χ2n) is 3.81. The lowest BCUT2D eigenvalue weighted by Gasteiger charge is -2.13. The molecular formula is C10H16Cl2N2OS. The molecule has 6 heteroatoms. The van der Waals surface area contributed by atoms with E-state index in [2.05, 4.69) is 10.6 Å². The minimum absolute atomic E-state index is 0. The number of hydrogen-bond donors (Lipinski definition) is 3. The molecule has 2 rings (SSSR count). The molecule has 0 saturated carbocycles. The Morgan fingerprint density at radius 2 is 2.38 bits per heavy atom. The first kappa shape index (κ1) is 14.2. The molecule has 2 heterocycles. The van der Waals surface area contributed by atoms with Gasteiger partial charge in [-0.2, -0.15) is 0 Å². The van der Waals surface area contributed by atoms with Crippen LogP contribution in [0.3, 0.4) is 0 Å². The first-order chi connectivity index (χ1) is 7.27. The van der Waals surface area contributed by atoms with Crippen LogP contribution in [0.1, 0.15) is 4.88 Å². The van der Waals surface area contributed by atoms with E-state index in [-0.39, 0.29) is 18.5 Å². The third kappa shape index (κ3) is 3.58. The maximum Gasteiger partial charge on any atom is 0.0716 e. The van der Waals surface area contributed by atoms with Crippen molar-refractivity contribution in [2.45, 2.75) is 12.6 Å². The van der Waals surface area contributed by atoms with E-state index in [1.807, 2.05) is 11.4 Å². The molecule has 0 amide bonds. The van der Waals surface area contributed by atoms with Gasteiger partial charge in [0.1, 0.15) is 0 Å². The molecule has 0 radical (unpaired) electrons. The zero-order valence-corrected chi connectivity index (χ0v) is 11.2. The Bertz CT molecular complexity index is 322. The van der Waals surface area contributed by atoms with Gasteiger partial charge >= 0.3 is 0 Å². The van der Waals surface area contributed by atoms with Gasteiger partial charge in [-0.3, -0.25) is 0 Å². The quantitative estimate of drug-likeness (QED) is 0.784. The van der Waals surface area contributed by atoms with Crippen LogP contribution in [0.4, 0.5) is 0 Å². The molecule has 0 bridgehead atoms. The Balaban J connectivity index is 0.00000128. The molecule has 1 saturated heterocycles. The van der Waals surface area contributed by atoms with Crippen molar-refractivity contribution >= 4 is 35.3 Å². The first-order valence-corrected chi connectivity index (χ1v) is 6.34. The number of nitrogens with one attached hydrogen (secondary N) is 2. The molecule has 16 heavy (non-hydrogen) atoms. The number of β-amino-alcohol motifs (C(OH)–C–C–N with tert-alkyl or cyclic N) is 1. The standard InChI is InChI=1S/C10H15ClN2OS.ClH/c11-8-1-2-15-10(8)6-13-4-7-3-12-5-9(7)14;/h1-2,7,9,12-14H,3-6H2;1H. The molecule has 0 spiro atoms. The van der Waals surface area contributed by atoms with Crippen LogP contribution < -0.4 is 10.6 Å². The van der Waals surface area contributed by atoms with E-state index >= 15 is 0 Å². The Morgan fingerprint density at radius 1 is 1.56 bits per heavy atom. The largest absolute Gasteiger partial charge is 0.391 e. The van der Waals surface area contributed by atoms with Crippen LogP contribution in [0.5, 0.6) is 0 Å². The molecule has 92 valence electrons. The molecule has 2 unspecified atom stereocenters. The van der Waals surface area contributed by atoms with Gasteiger partial charge in [0.05, 0.1) is 11.1 Å². The molecule has 3 N–H and O–H groups in total. The second-order valence-corrected chi connectivity index (χ2v) is 5.22. The van der Waals surface area contributed by atoms with Crippen molar-refractivity contribution in [1.29, 1.82) is 0 Å². The van der Waals surface area contributed by atoms with E-state index in [0.717, 1.165) is 29.5 Å². The van der Waals surface area contributed by atoms with Crippen molar-refractivity contribution in [2.24, 2.45) is 5.92 Å². The third-order valence-corrected chi connectivity index (χ3v) is 4.07. The van der Waals surface area contributed by atoms with Crippen LogP contribution in [0.25, 0.3) is 0 Å². The van der Waals surface area contributed by atoms with Gasteiger partial charge in [-0.1, -0.05) is 11.6 Å². The molecule has 3 nitrogen and oxygen atoms in total. The van der Waals surface area contributed by atoms with Crippen LogP contribution in [0.15, 0.2) is 11.4 Å². The van der Waals surface area contributed by atoms with Crippen LogP contribution in [0.2, 0.25) is 5.02 Å². The van der Waals surface area contributed by atoms with Crippen molar-refractivity contribution < 1.29 is 5.11 Å². The van der Waals surface area contributed by atoms with Gasteiger partial charge in [-0.15, -0.1) is 23.7 Å². The highest BCUT2D eigenvalue weighted by Crippen LogP contribution is 2.21. The SMILES string of the molecule is Cl.OC1CNCC1CNCc1sccc1Cl. The summed E-state index contributed by atoms with van der Waals surface area (Å²) in [5.74, 6) is 0.323. The lowest BCUT2D eigenvalue weighted by atomic mass is 10.1. The number of rotatable bonds is 4. The second kappa shape index (κ2) is 6.79. The summed E-state index contributed by atoms with van der Waals surface area (Å²) in [6.07, 6.45) is -0.212. The van der Waals surface area contributed by atoms with Crippen molar-refractivity contribution in [3.8, 4) is 0 Å². The Kier molecular flexibility index (Phi) is 6.03. The zero-order valence-electron chi connectivity index (χ0n) is 8.78. The lowest BCUT2D eigenvalue weighted by Crippen LogP contribution is -2.29. The summed E-state index contributed by atoms with van der Waals surface area (Å²) in [7, 11) is 0. The molecule has 1 aliphatic heterocycles. The van der Waals surface area contributed by atoms with Crippen molar-refractivity contribution in [2.75, 3.05) is 19.6 Å². The number of thiophene rings is 1. The van der Waals surface area contributed by atoms with Crippen LogP contribution in [-0.4, -0.2) is 30.8 Å². The number of aliphatic hydroxyl groups is 1. The minimum Gasteiger partial charge on any atom is -0.391 e. The van der Waals surface area contributed by atoms with Crippen molar-refractivity contribution in [3.63, 3.8) is 0 Å². The van der Waals surface area contributed by atoms with Crippen LogP contribution >= 0.6 is 35.3 Å². The summed E-state index contributed by atoms with van der Waals surface area (Å²) in [5, 5.41) is 18.9. The fourth-order valence-electron chi connectivity index (χ4n) is 1.75. The van der Waals surface area contributed by atoms with Crippen molar-refractivity contribution in [3.05, 3.63) is 21.3 Å². The molecule has 1 fully saturated rings. The Hall–Kier alpha value is 0.160. The van der Waals surface area contributed by atoms with Crippen LogP contribution in [-0.2, 0) is 6.54 Å². The average Bonchev–Trinajstić information content (AvgIpc) is 2.78. The Labute approximate surface area is 111 Å². The predicted molar refractivity (Wildman–Crippen MR) is 70.7 cm³/mol. The van der Waals surface area contributed by atoms with Gasteiger partial charge in [-0.25, -0.2) is 0 Å². The Morgan fingerprint density at radius 3 is 2.94 bits per heavy atom. The number of aliphatic hydroxyl groups excluding tert-OH is 1. The predicted octanol–water partition coefficient (Wildman–Crippen LogP) is 1.49. The number of halogens is 2. The highest BCUT2D eigenvalue weighted by Gasteiger charge is 2.24. The molecule has 2 atom stereocenters. The summed E-state index contributed by atoms with van der Waals surface area (Å²) < 4.78 is 0. The molecule has 1 aromatic heterocycles. The third-order valence-electron chi connectivity index (χ3n) is 2.69. The highest BCUT2D eigenvalue weighted by atomic mass is 35.5. The molecule has 0 aliphatic carbocycles. The smallest absolute Gasteiger partial charge is 0.0716 e. The normalized spacial score (nSPS) is 24.4. The van der Waals surface area contributed by atoms with Crippen molar-refractivity contribution in [1.82, 2.24) is 10.6 Å². The fourth-order valence-corrected chi connectivity index (χ4v) is 2.82. The van der Waals surface area contributed by atoms with Crippen LogP contribution in [0, 0.1) is 5.92 Å². The minimum atomic E-state index is -0.212. The van der Waals surface area contributed by atoms with E-state index in [0.29, 0.717) is 12.5 Å². The van der Waals surface area contributed by atoms with E-state index in [1.165, 1.54) is 0 Å². The van der Waals surface area contributed by atoms with E-state index in [1.54, 1.807) is 11.3 Å². The molecule has 0 aromatic carbocycles. The summed E-state index contributed by atoms with van der Waals surface area (Å²) in [4.78, 5) is 1.16. The van der Waals surface area contributed by atoms with Gasteiger partial charge < -0.3 is 15.7 Å². The summed E-state index contributed by atoms with van der Waals surface area (Å²) >= 11 is 7.63. The maximum atomic E-state index is 9.57. The zero-order chi connectivity index (χ0) is 10.7. The monoisotopic (exact) mass is 282 g/mol. The summed E-state index contributed by atoms with van der Waals surface area (Å²) in [5.41, 5.74) is 0. The van der Waals surface area contributed by atoms with E-state index in [9.17, 15) is 5.11 Å². The van der Waals surface area contributed by atoms with Gasteiger partial charge in [0.25, 0.3) is 0 Å². The highest BCUT2D eigenvalue weighted by molar-refractivity contribution is 7.10. The summed E-state index contributed by atoms with van der Waals surface area (Å²) in [6, 6.07) is 1.91. The fraction of sp³-hybridized carbons (Fsp3) is 0.600. The molecule has 1 aliphatic rings. The van der Waals surface area contributed by atoms with Gasteiger partial charge in [-0.05, 0) is 11.4 Å². The average molecular weight is 283 g/mol. The van der Waals surface area contributed by atoms with Gasteiger partial charge in [0.2, 0.25) is 0 Å². The molecular weight excluding hydrogens is 267 g/mol. The first-order valence-electron chi connectivity index (χ1n) is 5.08. The van der Waals surface area contributed by atoms with E-state index < -0.39 is 0 Å². The van der Waals surface area contributed by atoms with Gasteiger partial charge in [0.15, 0.2) is 0 Å². The maximum absolute atomic E-state index is 9.57. The molecule has 1 aromatic rings. The van der Waals surface area contributed by atoms with E-state index in [4.69, 9.17) is 11.6 Å². The number of hydrogen-bond acceptors (Lipinski definition) is 4. The summed E-state index contributed by atoms with van der Waals surface area (Å²) in [6.45, 7) is 3.24. The lowest BCUT2D eigenvalue weighted by molar-refractivity contribution is 0.146.